The number of nitrogens with one attached hydrogen (secondary N) is 1. The summed E-state index contributed by atoms with van der Waals surface area (Å²) in [6.07, 6.45) is 3.52. The average molecular weight is 428 g/mol. The number of hydrogen-bond acceptors (Lipinski definition) is 4. The number of fused-ring (bicyclic) bond motifs is 1. The zero-order valence-corrected chi connectivity index (χ0v) is 18.4. The fourth-order valence-electron chi connectivity index (χ4n) is 4.16. The summed E-state index contributed by atoms with van der Waals surface area (Å²) in [5.74, 6) is 0.920. The van der Waals surface area contributed by atoms with Gasteiger partial charge in [0.25, 0.3) is 0 Å². The first kappa shape index (κ1) is 21.0. The Kier molecular flexibility index (Phi) is 6.80. The summed E-state index contributed by atoms with van der Waals surface area (Å²) in [4.78, 5) is 16.5. The van der Waals surface area contributed by atoms with Crippen LogP contribution in [-0.2, 0) is 11.2 Å². The van der Waals surface area contributed by atoms with Gasteiger partial charge in [-0.2, -0.15) is 0 Å². The minimum atomic E-state index is 0.0874. The number of benzene rings is 2. The van der Waals surface area contributed by atoms with Crippen LogP contribution in [0.2, 0.25) is 5.02 Å². The van der Waals surface area contributed by atoms with E-state index in [1.165, 1.54) is 5.56 Å². The van der Waals surface area contributed by atoms with Crippen molar-refractivity contribution in [1.29, 1.82) is 0 Å². The monoisotopic (exact) mass is 427 g/mol. The minimum absolute atomic E-state index is 0.0874. The molecule has 6 heteroatoms. The molecule has 2 heterocycles. The van der Waals surface area contributed by atoms with Gasteiger partial charge in [-0.25, -0.2) is 0 Å². The van der Waals surface area contributed by atoms with Gasteiger partial charge in [0.1, 0.15) is 5.75 Å². The third-order valence-corrected chi connectivity index (χ3v) is 6.49. The van der Waals surface area contributed by atoms with E-state index in [1.54, 1.807) is 0 Å². The summed E-state index contributed by atoms with van der Waals surface area (Å²) in [6.45, 7) is 8.02. The van der Waals surface area contributed by atoms with E-state index in [0.717, 1.165) is 79.7 Å². The first-order valence-corrected chi connectivity index (χ1v) is 11.3. The molecule has 160 valence electrons. The molecule has 0 aromatic heterocycles. The van der Waals surface area contributed by atoms with Gasteiger partial charge >= 0.3 is 0 Å². The van der Waals surface area contributed by atoms with E-state index in [2.05, 4.69) is 46.3 Å². The van der Waals surface area contributed by atoms with Crippen LogP contribution in [0.3, 0.4) is 0 Å². The molecule has 2 aliphatic rings. The van der Waals surface area contributed by atoms with Crippen molar-refractivity contribution >= 4 is 28.9 Å². The summed E-state index contributed by atoms with van der Waals surface area (Å²) in [5.41, 5.74) is 4.38. The van der Waals surface area contributed by atoms with E-state index in [0.29, 0.717) is 13.0 Å². The normalized spacial score (nSPS) is 16.9. The minimum Gasteiger partial charge on any atom is -0.494 e. The lowest BCUT2D eigenvalue weighted by molar-refractivity contribution is -0.116. The highest BCUT2D eigenvalue weighted by molar-refractivity contribution is 6.34. The smallest absolute Gasteiger partial charge is 0.224 e. The maximum Gasteiger partial charge on any atom is 0.224 e. The molecule has 0 spiro atoms. The Morgan fingerprint density at radius 2 is 1.90 bits per heavy atom. The summed E-state index contributed by atoms with van der Waals surface area (Å²) in [6, 6.07) is 12.3. The second-order valence-electron chi connectivity index (χ2n) is 8.16. The molecule has 0 atom stereocenters. The Morgan fingerprint density at radius 1 is 1.07 bits per heavy atom. The van der Waals surface area contributed by atoms with E-state index >= 15 is 0 Å². The molecule has 2 aromatic rings. The summed E-state index contributed by atoms with van der Waals surface area (Å²) in [7, 11) is 0. The van der Waals surface area contributed by atoms with Crippen LogP contribution in [0.1, 0.15) is 30.4 Å². The van der Waals surface area contributed by atoms with Gasteiger partial charge in [-0.3, -0.25) is 9.69 Å². The number of anilines is 2. The van der Waals surface area contributed by atoms with Crippen LogP contribution in [0.25, 0.3) is 0 Å². The fraction of sp³-hybridized carbons (Fsp3) is 0.458. The molecule has 0 aliphatic carbocycles. The van der Waals surface area contributed by atoms with Gasteiger partial charge in [-0.1, -0.05) is 29.8 Å². The summed E-state index contributed by atoms with van der Waals surface area (Å²) >= 11 is 6.49. The molecular formula is C24H30ClN3O2. The largest absolute Gasteiger partial charge is 0.494 e. The number of hydrogen-bond donors (Lipinski definition) is 1. The summed E-state index contributed by atoms with van der Waals surface area (Å²) in [5, 5.41) is 3.81. The third kappa shape index (κ3) is 5.08. The Morgan fingerprint density at radius 3 is 2.73 bits per heavy atom. The van der Waals surface area contributed by atoms with Gasteiger partial charge in [-0.05, 0) is 56.0 Å². The molecular weight excluding hydrogens is 398 g/mol. The van der Waals surface area contributed by atoms with Gasteiger partial charge in [0.2, 0.25) is 5.91 Å². The Balaban J connectivity index is 1.15. The van der Waals surface area contributed by atoms with Gasteiger partial charge in [0, 0.05) is 44.4 Å². The zero-order valence-electron chi connectivity index (χ0n) is 17.6. The van der Waals surface area contributed by atoms with Gasteiger partial charge in [0.15, 0.2) is 0 Å². The molecule has 4 rings (SSSR count). The fourth-order valence-corrected chi connectivity index (χ4v) is 4.40. The highest BCUT2D eigenvalue weighted by atomic mass is 35.5. The van der Waals surface area contributed by atoms with Crippen LogP contribution in [0.5, 0.6) is 5.75 Å². The predicted octanol–water partition coefficient (Wildman–Crippen LogP) is 4.51. The molecule has 0 radical (unpaired) electrons. The first-order valence-electron chi connectivity index (χ1n) is 10.9. The second kappa shape index (κ2) is 9.71. The summed E-state index contributed by atoms with van der Waals surface area (Å²) < 4.78 is 5.90. The number of unbranched alkanes of at least 4 members (excludes halogenated alkanes) is 1. The number of carbonyl (C=O) groups is 1. The highest BCUT2D eigenvalue weighted by Crippen LogP contribution is 2.30. The lowest BCUT2D eigenvalue weighted by Gasteiger charge is -2.36. The SMILES string of the molecule is Cc1cccc(N2CCN(CCCCOc3ccc4c(c3)NC(=O)CC4)CC2)c1Cl. The Bertz CT molecular complexity index is 894. The van der Waals surface area contributed by atoms with E-state index in [4.69, 9.17) is 16.3 Å². The number of piperazine rings is 1. The maximum atomic E-state index is 11.6. The van der Waals surface area contributed by atoms with Crippen LogP contribution >= 0.6 is 11.6 Å². The van der Waals surface area contributed by atoms with E-state index < -0.39 is 0 Å². The molecule has 30 heavy (non-hydrogen) atoms. The molecule has 2 aliphatic heterocycles. The molecule has 5 nitrogen and oxygen atoms in total. The number of aryl methyl sites for hydroxylation is 2. The van der Waals surface area contributed by atoms with Crippen molar-refractivity contribution in [3.05, 3.63) is 52.5 Å². The van der Waals surface area contributed by atoms with E-state index in [9.17, 15) is 4.79 Å². The average Bonchev–Trinajstić information content (AvgIpc) is 2.76. The molecule has 0 unspecified atom stereocenters. The topological polar surface area (TPSA) is 44.8 Å². The van der Waals surface area contributed by atoms with Crippen molar-refractivity contribution < 1.29 is 9.53 Å². The van der Waals surface area contributed by atoms with Crippen molar-refractivity contribution in [1.82, 2.24) is 4.90 Å². The molecule has 0 saturated carbocycles. The van der Waals surface area contributed by atoms with Gasteiger partial charge < -0.3 is 15.0 Å². The zero-order chi connectivity index (χ0) is 20.9. The lowest BCUT2D eigenvalue weighted by atomic mass is 10.0. The number of nitrogens with zero attached hydrogens (tertiary/aromatic N) is 2. The number of rotatable bonds is 7. The lowest BCUT2D eigenvalue weighted by Crippen LogP contribution is -2.46. The molecule has 1 N–H and O–H groups in total. The molecule has 1 fully saturated rings. The van der Waals surface area contributed by atoms with Crippen LogP contribution in [-0.4, -0.2) is 50.1 Å². The molecule has 1 saturated heterocycles. The van der Waals surface area contributed by atoms with Crippen molar-refractivity contribution in [3.63, 3.8) is 0 Å². The number of halogens is 1. The maximum absolute atomic E-state index is 11.6. The Labute approximate surface area is 184 Å². The quantitative estimate of drug-likeness (QED) is 0.660. The number of carbonyl (C=O) groups excluding carboxylic acids is 1. The standard InChI is InChI=1S/C24H30ClN3O2/c1-18-5-4-6-22(24(18)25)28-14-12-27(13-15-28)11-2-3-16-30-20-9-7-19-8-10-23(29)26-21(19)17-20/h4-7,9,17H,2-3,8,10-16H2,1H3,(H,26,29). The predicted molar refractivity (Wildman–Crippen MR) is 123 cm³/mol. The van der Waals surface area contributed by atoms with Gasteiger partial charge in [-0.15, -0.1) is 0 Å². The van der Waals surface area contributed by atoms with Crippen molar-refractivity contribution in [2.75, 3.05) is 49.5 Å². The molecule has 0 bridgehead atoms. The van der Waals surface area contributed by atoms with Gasteiger partial charge in [0.05, 0.1) is 17.3 Å². The van der Waals surface area contributed by atoms with Crippen molar-refractivity contribution in [2.24, 2.45) is 0 Å². The highest BCUT2D eigenvalue weighted by Gasteiger charge is 2.19. The molecule has 1 amide bonds. The van der Waals surface area contributed by atoms with Crippen LogP contribution < -0.4 is 15.0 Å². The number of ether oxygens (including phenoxy) is 1. The number of amides is 1. The Hall–Kier alpha value is -2.24. The van der Waals surface area contributed by atoms with Crippen molar-refractivity contribution in [2.45, 2.75) is 32.6 Å². The molecule has 2 aromatic carbocycles. The van der Waals surface area contributed by atoms with Crippen molar-refractivity contribution in [3.8, 4) is 5.75 Å². The van der Waals surface area contributed by atoms with E-state index in [1.807, 2.05) is 12.1 Å². The first-order chi connectivity index (χ1) is 14.6. The van der Waals surface area contributed by atoms with Crippen LogP contribution in [0, 0.1) is 6.92 Å². The van der Waals surface area contributed by atoms with Crippen LogP contribution in [0.15, 0.2) is 36.4 Å². The third-order valence-electron chi connectivity index (χ3n) is 6.00. The van der Waals surface area contributed by atoms with E-state index in [-0.39, 0.29) is 5.91 Å². The second-order valence-corrected chi connectivity index (χ2v) is 8.54. The van der Waals surface area contributed by atoms with Crippen LogP contribution in [0.4, 0.5) is 11.4 Å².